The molecule has 16 heavy (non-hydrogen) atoms. The summed E-state index contributed by atoms with van der Waals surface area (Å²) in [5.41, 5.74) is 1.09. The van der Waals surface area contributed by atoms with Gasteiger partial charge >= 0.3 is 0 Å². The molecule has 90 valence electrons. The van der Waals surface area contributed by atoms with Crippen LogP contribution in [0.25, 0.3) is 0 Å². The number of hydrogen-bond acceptors (Lipinski definition) is 2. The van der Waals surface area contributed by atoms with Crippen LogP contribution >= 0.6 is 0 Å². The molecular formula is C13H21FN2. The zero-order valence-electron chi connectivity index (χ0n) is 10.3. The van der Waals surface area contributed by atoms with Crippen LogP contribution in [0.3, 0.4) is 0 Å². The van der Waals surface area contributed by atoms with Crippen molar-refractivity contribution in [1.29, 1.82) is 0 Å². The standard InChI is InChI=1S/C13H21FN2/c1-4-16(10-11(2)9-15-3)13-7-5-12(14)6-8-13/h5-8,11,15H,4,9-10H2,1-3H3. The van der Waals surface area contributed by atoms with E-state index in [0.717, 1.165) is 25.3 Å². The first-order chi connectivity index (χ1) is 7.67. The minimum absolute atomic E-state index is 0.178. The summed E-state index contributed by atoms with van der Waals surface area (Å²) in [6.45, 7) is 7.26. The lowest BCUT2D eigenvalue weighted by molar-refractivity contribution is 0.533. The Morgan fingerprint density at radius 2 is 1.94 bits per heavy atom. The molecule has 0 fully saturated rings. The summed E-state index contributed by atoms with van der Waals surface area (Å²) in [5.74, 6) is 0.401. The van der Waals surface area contributed by atoms with Gasteiger partial charge < -0.3 is 10.2 Å². The molecule has 0 radical (unpaired) electrons. The van der Waals surface area contributed by atoms with Crippen molar-refractivity contribution in [3.8, 4) is 0 Å². The third-order valence-electron chi connectivity index (χ3n) is 2.66. The maximum absolute atomic E-state index is 12.8. The summed E-state index contributed by atoms with van der Waals surface area (Å²) in [6, 6.07) is 6.71. The highest BCUT2D eigenvalue weighted by Crippen LogP contribution is 2.15. The third kappa shape index (κ3) is 3.81. The van der Waals surface area contributed by atoms with Gasteiger partial charge in [0, 0.05) is 18.8 Å². The second-order valence-corrected chi connectivity index (χ2v) is 4.18. The first-order valence-electron chi connectivity index (χ1n) is 5.82. The molecule has 0 aromatic heterocycles. The molecule has 1 aromatic rings. The minimum Gasteiger partial charge on any atom is -0.371 e. The fourth-order valence-corrected chi connectivity index (χ4v) is 1.86. The summed E-state index contributed by atoms with van der Waals surface area (Å²) < 4.78 is 12.8. The molecule has 3 heteroatoms. The van der Waals surface area contributed by atoms with E-state index in [1.807, 2.05) is 19.2 Å². The second kappa shape index (κ2) is 6.48. The lowest BCUT2D eigenvalue weighted by Gasteiger charge is -2.26. The average Bonchev–Trinajstić information content (AvgIpc) is 2.27. The zero-order chi connectivity index (χ0) is 12.0. The number of nitrogens with one attached hydrogen (secondary N) is 1. The van der Waals surface area contributed by atoms with Gasteiger partial charge in [0.05, 0.1) is 0 Å². The Bertz CT molecular complexity index is 297. The number of nitrogens with zero attached hydrogens (tertiary/aromatic N) is 1. The van der Waals surface area contributed by atoms with Crippen molar-refractivity contribution in [1.82, 2.24) is 5.32 Å². The first-order valence-corrected chi connectivity index (χ1v) is 5.82. The first kappa shape index (κ1) is 13.0. The van der Waals surface area contributed by atoms with E-state index in [1.54, 1.807) is 0 Å². The number of rotatable bonds is 6. The van der Waals surface area contributed by atoms with Gasteiger partial charge in [-0.05, 0) is 50.7 Å². The van der Waals surface area contributed by atoms with Gasteiger partial charge in [0.1, 0.15) is 5.82 Å². The van der Waals surface area contributed by atoms with Crippen LogP contribution in [0.5, 0.6) is 0 Å². The van der Waals surface area contributed by atoms with Gasteiger partial charge in [-0.2, -0.15) is 0 Å². The van der Waals surface area contributed by atoms with Crippen LogP contribution in [0.1, 0.15) is 13.8 Å². The van der Waals surface area contributed by atoms with Crippen molar-refractivity contribution in [2.24, 2.45) is 5.92 Å². The molecule has 0 aliphatic heterocycles. The number of benzene rings is 1. The fourth-order valence-electron chi connectivity index (χ4n) is 1.86. The summed E-state index contributed by atoms with van der Waals surface area (Å²) in [6.07, 6.45) is 0. The van der Waals surface area contributed by atoms with Crippen LogP contribution < -0.4 is 10.2 Å². The average molecular weight is 224 g/mol. The van der Waals surface area contributed by atoms with Crippen molar-refractivity contribution in [2.45, 2.75) is 13.8 Å². The van der Waals surface area contributed by atoms with Gasteiger partial charge in [0.2, 0.25) is 0 Å². The number of hydrogen-bond donors (Lipinski definition) is 1. The highest BCUT2D eigenvalue weighted by molar-refractivity contribution is 5.46. The topological polar surface area (TPSA) is 15.3 Å². The normalized spacial score (nSPS) is 12.5. The van der Waals surface area contributed by atoms with E-state index < -0.39 is 0 Å². The van der Waals surface area contributed by atoms with Crippen molar-refractivity contribution in [3.05, 3.63) is 30.1 Å². The Hall–Kier alpha value is -1.09. The van der Waals surface area contributed by atoms with Crippen molar-refractivity contribution in [2.75, 3.05) is 31.6 Å². The van der Waals surface area contributed by atoms with Gasteiger partial charge in [0.25, 0.3) is 0 Å². The van der Waals surface area contributed by atoms with E-state index in [-0.39, 0.29) is 5.82 Å². The molecule has 1 N–H and O–H groups in total. The molecule has 0 saturated heterocycles. The van der Waals surface area contributed by atoms with Crippen LogP contribution in [-0.4, -0.2) is 26.7 Å². The molecule has 1 rings (SSSR count). The highest BCUT2D eigenvalue weighted by atomic mass is 19.1. The van der Waals surface area contributed by atoms with Crippen molar-refractivity contribution in [3.63, 3.8) is 0 Å². The maximum atomic E-state index is 12.8. The Balaban J connectivity index is 2.63. The molecule has 0 aliphatic rings. The number of halogens is 1. The van der Waals surface area contributed by atoms with Crippen LogP contribution in [-0.2, 0) is 0 Å². The molecular weight excluding hydrogens is 203 g/mol. The molecule has 0 saturated carbocycles. The molecule has 2 nitrogen and oxygen atoms in total. The molecule has 0 heterocycles. The van der Waals surface area contributed by atoms with Gasteiger partial charge in [0.15, 0.2) is 0 Å². The van der Waals surface area contributed by atoms with Gasteiger partial charge in [-0.3, -0.25) is 0 Å². The predicted octanol–water partition coefficient (Wildman–Crippen LogP) is 2.51. The maximum Gasteiger partial charge on any atom is 0.123 e. The smallest absolute Gasteiger partial charge is 0.123 e. The molecule has 0 bridgehead atoms. The molecule has 1 unspecified atom stereocenters. The second-order valence-electron chi connectivity index (χ2n) is 4.18. The number of anilines is 1. The third-order valence-corrected chi connectivity index (χ3v) is 2.66. The fraction of sp³-hybridized carbons (Fsp3) is 0.538. The largest absolute Gasteiger partial charge is 0.371 e. The lowest BCUT2D eigenvalue weighted by atomic mass is 10.1. The van der Waals surface area contributed by atoms with E-state index in [2.05, 4.69) is 24.1 Å². The Morgan fingerprint density at radius 3 is 2.44 bits per heavy atom. The Kier molecular flexibility index (Phi) is 5.26. The van der Waals surface area contributed by atoms with Crippen molar-refractivity contribution >= 4 is 5.69 Å². The van der Waals surface area contributed by atoms with Gasteiger partial charge in [-0.1, -0.05) is 6.92 Å². The summed E-state index contributed by atoms with van der Waals surface area (Å²) in [5, 5.41) is 3.17. The van der Waals surface area contributed by atoms with E-state index in [0.29, 0.717) is 5.92 Å². The molecule has 1 atom stereocenters. The summed E-state index contributed by atoms with van der Waals surface area (Å²) in [7, 11) is 1.96. The summed E-state index contributed by atoms with van der Waals surface area (Å²) >= 11 is 0. The lowest BCUT2D eigenvalue weighted by Crippen LogP contribution is -2.32. The van der Waals surface area contributed by atoms with Gasteiger partial charge in [-0.15, -0.1) is 0 Å². The quantitative estimate of drug-likeness (QED) is 0.798. The molecule has 0 aliphatic carbocycles. The highest BCUT2D eigenvalue weighted by Gasteiger charge is 2.08. The van der Waals surface area contributed by atoms with Crippen LogP contribution in [0.15, 0.2) is 24.3 Å². The van der Waals surface area contributed by atoms with Crippen molar-refractivity contribution < 1.29 is 4.39 Å². The minimum atomic E-state index is -0.178. The predicted molar refractivity (Wildman–Crippen MR) is 67.4 cm³/mol. The molecule has 1 aromatic carbocycles. The molecule has 0 amide bonds. The van der Waals surface area contributed by atoms with E-state index in [9.17, 15) is 4.39 Å². The monoisotopic (exact) mass is 224 g/mol. The van der Waals surface area contributed by atoms with E-state index in [1.165, 1.54) is 12.1 Å². The Morgan fingerprint density at radius 1 is 1.31 bits per heavy atom. The SMILES string of the molecule is CCN(CC(C)CNC)c1ccc(F)cc1. The summed E-state index contributed by atoms with van der Waals surface area (Å²) in [4.78, 5) is 2.27. The van der Waals surface area contributed by atoms with Gasteiger partial charge in [-0.25, -0.2) is 4.39 Å². The Labute approximate surface area is 97.5 Å². The van der Waals surface area contributed by atoms with Crippen LogP contribution in [0.4, 0.5) is 10.1 Å². The van der Waals surface area contributed by atoms with E-state index in [4.69, 9.17) is 0 Å². The molecule has 0 spiro atoms. The van der Waals surface area contributed by atoms with Crippen LogP contribution in [0.2, 0.25) is 0 Å². The van der Waals surface area contributed by atoms with Crippen LogP contribution in [0, 0.1) is 11.7 Å². The van der Waals surface area contributed by atoms with E-state index >= 15 is 0 Å². The zero-order valence-corrected chi connectivity index (χ0v) is 10.3.